The third-order valence-corrected chi connectivity index (χ3v) is 3.75. The molecule has 136 valence electrons. The summed E-state index contributed by atoms with van der Waals surface area (Å²) < 4.78 is 1.52. The van der Waals surface area contributed by atoms with E-state index in [1.165, 1.54) is 4.68 Å². The summed E-state index contributed by atoms with van der Waals surface area (Å²) in [6.45, 7) is 4.06. The van der Waals surface area contributed by atoms with Crippen LogP contribution >= 0.6 is 12.4 Å². The highest BCUT2D eigenvalue weighted by Gasteiger charge is 2.20. The topological polar surface area (TPSA) is 98.7 Å². The number of nitrogens with zero attached hydrogens (tertiary/aromatic N) is 4. The zero-order valence-electron chi connectivity index (χ0n) is 14.5. The van der Waals surface area contributed by atoms with E-state index in [9.17, 15) is 4.79 Å². The van der Waals surface area contributed by atoms with Gasteiger partial charge < -0.3 is 11.1 Å². The molecule has 0 saturated carbocycles. The number of carbonyl (C=O) groups is 1. The van der Waals surface area contributed by atoms with E-state index in [-0.39, 0.29) is 24.2 Å². The van der Waals surface area contributed by atoms with E-state index in [1.54, 1.807) is 18.5 Å². The minimum absolute atomic E-state index is 0. The standard InChI is InChI=1S/C18H20N6O.ClH/c1-12(2)14-11-15(24(23-14)18-20-9-6-10-21-18)22-17(25)16(19)13-7-4-3-5-8-13;/h3-12,16H,19H2,1-2H3,(H,22,25);1H. The normalized spacial score (nSPS) is 11.7. The van der Waals surface area contributed by atoms with Gasteiger partial charge in [0.25, 0.3) is 5.95 Å². The second kappa shape index (κ2) is 8.55. The number of hydrogen-bond donors (Lipinski definition) is 2. The van der Waals surface area contributed by atoms with Gasteiger partial charge in [0.1, 0.15) is 11.9 Å². The van der Waals surface area contributed by atoms with Gasteiger partial charge in [0.2, 0.25) is 5.91 Å². The van der Waals surface area contributed by atoms with E-state index >= 15 is 0 Å². The van der Waals surface area contributed by atoms with Gasteiger partial charge in [0.05, 0.1) is 5.69 Å². The van der Waals surface area contributed by atoms with Crippen molar-refractivity contribution in [1.29, 1.82) is 0 Å². The fourth-order valence-corrected chi connectivity index (χ4v) is 2.34. The lowest BCUT2D eigenvalue weighted by atomic mass is 10.1. The molecule has 8 heteroatoms. The van der Waals surface area contributed by atoms with E-state index in [2.05, 4.69) is 20.4 Å². The van der Waals surface area contributed by atoms with E-state index in [1.807, 2.05) is 50.2 Å². The van der Waals surface area contributed by atoms with Gasteiger partial charge >= 0.3 is 0 Å². The third-order valence-electron chi connectivity index (χ3n) is 3.75. The number of aromatic nitrogens is 4. The fraction of sp³-hybridized carbons (Fsp3) is 0.222. The van der Waals surface area contributed by atoms with Crippen molar-refractivity contribution in [3.05, 3.63) is 66.1 Å². The van der Waals surface area contributed by atoms with Crippen LogP contribution in [0.1, 0.15) is 37.1 Å². The lowest BCUT2D eigenvalue weighted by molar-refractivity contribution is -0.117. The molecule has 1 atom stereocenters. The molecular formula is C18H21ClN6O. The van der Waals surface area contributed by atoms with Gasteiger partial charge in [-0.2, -0.15) is 9.78 Å². The first-order valence-electron chi connectivity index (χ1n) is 8.05. The van der Waals surface area contributed by atoms with Crippen molar-refractivity contribution in [2.45, 2.75) is 25.8 Å². The van der Waals surface area contributed by atoms with E-state index < -0.39 is 6.04 Å². The van der Waals surface area contributed by atoms with Crippen LogP contribution in [0.5, 0.6) is 0 Å². The van der Waals surface area contributed by atoms with E-state index in [4.69, 9.17) is 5.73 Å². The number of hydrogen-bond acceptors (Lipinski definition) is 5. The Labute approximate surface area is 158 Å². The van der Waals surface area contributed by atoms with Gasteiger partial charge in [-0.1, -0.05) is 44.2 Å². The lowest BCUT2D eigenvalue weighted by Crippen LogP contribution is -2.28. The van der Waals surface area contributed by atoms with Crippen molar-refractivity contribution in [3.63, 3.8) is 0 Å². The average molecular weight is 373 g/mol. The molecule has 0 aliphatic heterocycles. The molecule has 3 N–H and O–H groups in total. The Morgan fingerprint density at radius 2 is 1.77 bits per heavy atom. The zero-order valence-corrected chi connectivity index (χ0v) is 15.4. The second-order valence-corrected chi connectivity index (χ2v) is 5.95. The number of halogens is 1. The van der Waals surface area contributed by atoms with E-state index in [0.717, 1.165) is 11.3 Å². The van der Waals surface area contributed by atoms with Crippen molar-refractivity contribution in [2.24, 2.45) is 5.73 Å². The molecule has 0 saturated heterocycles. The highest BCUT2D eigenvalue weighted by molar-refractivity contribution is 5.95. The molecule has 1 aromatic carbocycles. The van der Waals surface area contributed by atoms with Gasteiger partial charge in [0, 0.05) is 18.5 Å². The average Bonchev–Trinajstić information content (AvgIpc) is 3.06. The molecule has 2 aromatic heterocycles. The summed E-state index contributed by atoms with van der Waals surface area (Å²) in [4.78, 5) is 21.0. The maximum absolute atomic E-state index is 12.6. The van der Waals surface area contributed by atoms with E-state index in [0.29, 0.717) is 11.8 Å². The molecule has 3 rings (SSSR count). The number of anilines is 1. The summed E-state index contributed by atoms with van der Waals surface area (Å²) in [5.41, 5.74) is 7.64. The summed E-state index contributed by atoms with van der Waals surface area (Å²) >= 11 is 0. The number of benzene rings is 1. The molecule has 0 radical (unpaired) electrons. The van der Waals surface area contributed by atoms with Crippen molar-refractivity contribution in [1.82, 2.24) is 19.7 Å². The molecule has 7 nitrogen and oxygen atoms in total. The van der Waals surface area contributed by atoms with Crippen molar-refractivity contribution >= 4 is 24.1 Å². The van der Waals surface area contributed by atoms with Gasteiger partial charge in [-0.15, -0.1) is 12.4 Å². The van der Waals surface area contributed by atoms with Crippen molar-refractivity contribution in [3.8, 4) is 5.95 Å². The number of rotatable bonds is 5. The lowest BCUT2D eigenvalue weighted by Gasteiger charge is -2.13. The SMILES string of the molecule is CC(C)c1cc(NC(=O)C(N)c2ccccc2)n(-c2ncccn2)n1.Cl. The molecule has 1 unspecified atom stereocenters. The van der Waals surface area contributed by atoms with Crippen LogP contribution in [-0.2, 0) is 4.79 Å². The molecule has 26 heavy (non-hydrogen) atoms. The monoisotopic (exact) mass is 372 g/mol. The Kier molecular flexibility index (Phi) is 6.43. The predicted octanol–water partition coefficient (Wildman–Crippen LogP) is 2.85. The first-order chi connectivity index (χ1) is 12.1. The number of carbonyl (C=O) groups excluding carboxylic acids is 1. The summed E-state index contributed by atoms with van der Waals surface area (Å²) in [6, 6.07) is 12.0. The van der Waals surface area contributed by atoms with Crippen LogP contribution in [0.3, 0.4) is 0 Å². The molecule has 0 spiro atoms. The highest BCUT2D eigenvalue weighted by Crippen LogP contribution is 2.21. The number of amides is 1. The van der Waals surface area contributed by atoms with Crippen LogP contribution < -0.4 is 11.1 Å². The minimum Gasteiger partial charge on any atom is -0.316 e. The van der Waals surface area contributed by atoms with Crippen LogP contribution in [0.4, 0.5) is 5.82 Å². The van der Waals surface area contributed by atoms with Gasteiger partial charge in [-0.05, 0) is 17.5 Å². The Morgan fingerprint density at radius 3 is 2.38 bits per heavy atom. The molecule has 2 heterocycles. The zero-order chi connectivity index (χ0) is 17.8. The summed E-state index contributed by atoms with van der Waals surface area (Å²) in [7, 11) is 0. The molecular weight excluding hydrogens is 352 g/mol. The van der Waals surface area contributed by atoms with Crippen LogP contribution in [0.2, 0.25) is 0 Å². The van der Waals surface area contributed by atoms with Crippen LogP contribution in [0.25, 0.3) is 5.95 Å². The quantitative estimate of drug-likeness (QED) is 0.717. The van der Waals surface area contributed by atoms with Crippen molar-refractivity contribution < 1.29 is 4.79 Å². The van der Waals surface area contributed by atoms with Crippen LogP contribution in [0, 0.1) is 0 Å². The molecule has 1 amide bonds. The number of nitrogens with one attached hydrogen (secondary N) is 1. The third kappa shape index (κ3) is 4.25. The Morgan fingerprint density at radius 1 is 1.12 bits per heavy atom. The summed E-state index contributed by atoms with van der Waals surface area (Å²) in [5, 5.41) is 7.34. The van der Waals surface area contributed by atoms with Crippen LogP contribution in [-0.4, -0.2) is 25.7 Å². The fourth-order valence-electron chi connectivity index (χ4n) is 2.34. The summed E-state index contributed by atoms with van der Waals surface area (Å²) in [6.07, 6.45) is 3.25. The second-order valence-electron chi connectivity index (χ2n) is 5.95. The van der Waals surface area contributed by atoms with Gasteiger partial charge in [-0.25, -0.2) is 9.97 Å². The maximum Gasteiger partial charge on any atom is 0.252 e. The van der Waals surface area contributed by atoms with Gasteiger partial charge in [0.15, 0.2) is 0 Å². The molecule has 0 aliphatic carbocycles. The Hall–Kier alpha value is -2.77. The Balaban J connectivity index is 0.00000243. The van der Waals surface area contributed by atoms with Crippen LogP contribution in [0.15, 0.2) is 54.9 Å². The molecule has 0 fully saturated rings. The smallest absolute Gasteiger partial charge is 0.252 e. The highest BCUT2D eigenvalue weighted by atomic mass is 35.5. The Bertz CT molecular complexity index is 851. The molecule has 0 bridgehead atoms. The number of nitrogens with two attached hydrogens (primary N) is 1. The first kappa shape index (κ1) is 19.6. The molecule has 0 aliphatic rings. The largest absolute Gasteiger partial charge is 0.316 e. The maximum atomic E-state index is 12.6. The first-order valence-corrected chi connectivity index (χ1v) is 8.05. The van der Waals surface area contributed by atoms with Gasteiger partial charge in [-0.3, -0.25) is 4.79 Å². The molecule has 3 aromatic rings. The minimum atomic E-state index is -0.774. The van der Waals surface area contributed by atoms with Crippen molar-refractivity contribution in [2.75, 3.05) is 5.32 Å². The summed E-state index contributed by atoms with van der Waals surface area (Å²) in [5.74, 6) is 0.756. The predicted molar refractivity (Wildman–Crippen MR) is 102 cm³/mol.